The highest BCUT2D eigenvalue weighted by molar-refractivity contribution is 6.42. The molecule has 0 unspecified atom stereocenters. The van der Waals surface area contributed by atoms with Gasteiger partial charge >= 0.3 is 0 Å². The second kappa shape index (κ2) is 11.8. The summed E-state index contributed by atoms with van der Waals surface area (Å²) in [5.74, 6) is -0.224. The van der Waals surface area contributed by atoms with E-state index >= 15 is 0 Å². The largest absolute Gasteiger partial charge is 0.345 e. The van der Waals surface area contributed by atoms with E-state index in [2.05, 4.69) is 35.9 Å². The number of halogens is 2. The van der Waals surface area contributed by atoms with E-state index in [1.165, 1.54) is 5.56 Å². The van der Waals surface area contributed by atoms with Crippen LogP contribution in [0.4, 0.5) is 0 Å². The Morgan fingerprint density at radius 1 is 1.00 bits per heavy atom. The normalized spacial score (nSPS) is 13.0. The van der Waals surface area contributed by atoms with Gasteiger partial charge in [0.05, 0.1) is 16.6 Å². The molecule has 0 radical (unpaired) electrons. The van der Waals surface area contributed by atoms with Gasteiger partial charge in [0.15, 0.2) is 0 Å². The van der Waals surface area contributed by atoms with Crippen LogP contribution in [0.5, 0.6) is 0 Å². The number of nitrogens with zero attached hydrogens (tertiary/aromatic N) is 3. The number of hydrogen-bond donors (Lipinski definition) is 0. The predicted molar refractivity (Wildman–Crippen MR) is 141 cm³/mol. The smallest absolute Gasteiger partial charge is 0.254 e. The first-order valence-corrected chi connectivity index (χ1v) is 12.9. The minimum Gasteiger partial charge on any atom is -0.345 e. The maximum absolute atomic E-state index is 13.5. The van der Waals surface area contributed by atoms with Crippen molar-refractivity contribution in [3.05, 3.63) is 93.7 Å². The molecule has 0 atom stereocenters. The van der Waals surface area contributed by atoms with Gasteiger partial charge in [-0.15, -0.1) is 0 Å². The second-order valence-electron chi connectivity index (χ2n) is 9.07. The Kier molecular flexibility index (Phi) is 8.53. The lowest BCUT2D eigenvalue weighted by molar-refractivity contribution is -0.133. The summed E-state index contributed by atoms with van der Waals surface area (Å²) in [5.41, 5.74) is 2.75. The standard InChI is InChI=1S/C28H31Cl2N3O2/c1-2-3-15-32(28(35)22-11-14-25(29)26(30)17-22)20-27(34)33(23-12-13-23)19-24-10-7-16-31(24)18-21-8-5-4-6-9-21/h4-11,14,16-17,23H,2-3,12-13,15,18-20H2,1H3. The van der Waals surface area contributed by atoms with Crippen molar-refractivity contribution in [1.82, 2.24) is 14.4 Å². The van der Waals surface area contributed by atoms with Crippen LogP contribution in [0.2, 0.25) is 10.0 Å². The fourth-order valence-electron chi connectivity index (χ4n) is 4.18. The zero-order chi connectivity index (χ0) is 24.8. The lowest BCUT2D eigenvalue weighted by atomic mass is 10.2. The van der Waals surface area contributed by atoms with Crippen LogP contribution in [-0.2, 0) is 17.9 Å². The van der Waals surface area contributed by atoms with E-state index in [0.29, 0.717) is 28.7 Å². The monoisotopic (exact) mass is 511 g/mol. The third-order valence-electron chi connectivity index (χ3n) is 6.32. The fraction of sp³-hybridized carbons (Fsp3) is 0.357. The number of rotatable bonds is 11. The Hall–Kier alpha value is -2.76. The van der Waals surface area contributed by atoms with Crippen molar-refractivity contribution in [3.8, 4) is 0 Å². The zero-order valence-corrected chi connectivity index (χ0v) is 21.5. The van der Waals surface area contributed by atoms with Crippen LogP contribution in [0.1, 0.15) is 54.2 Å². The van der Waals surface area contributed by atoms with Gasteiger partial charge in [0.25, 0.3) is 5.91 Å². The van der Waals surface area contributed by atoms with E-state index in [1.807, 2.05) is 29.2 Å². The molecule has 35 heavy (non-hydrogen) atoms. The number of benzene rings is 2. The lowest BCUT2D eigenvalue weighted by Gasteiger charge is -2.28. The van der Waals surface area contributed by atoms with E-state index in [-0.39, 0.29) is 24.4 Å². The van der Waals surface area contributed by atoms with Gasteiger partial charge in [-0.05, 0) is 55.2 Å². The van der Waals surface area contributed by atoms with E-state index < -0.39 is 0 Å². The molecule has 0 saturated heterocycles. The summed E-state index contributed by atoms with van der Waals surface area (Å²) in [6, 6.07) is 19.5. The van der Waals surface area contributed by atoms with E-state index in [4.69, 9.17) is 23.2 Å². The highest BCUT2D eigenvalue weighted by Gasteiger charge is 2.34. The number of aromatic nitrogens is 1. The van der Waals surface area contributed by atoms with Crippen molar-refractivity contribution < 1.29 is 9.59 Å². The van der Waals surface area contributed by atoms with Gasteiger partial charge in [0, 0.05) is 36.6 Å². The topological polar surface area (TPSA) is 45.6 Å². The maximum Gasteiger partial charge on any atom is 0.254 e. The molecule has 0 aliphatic heterocycles. The summed E-state index contributed by atoms with van der Waals surface area (Å²) in [6.07, 6.45) is 5.81. The van der Waals surface area contributed by atoms with Gasteiger partial charge in [0.2, 0.25) is 5.91 Å². The van der Waals surface area contributed by atoms with E-state index in [1.54, 1.807) is 23.1 Å². The molecular formula is C28H31Cl2N3O2. The van der Waals surface area contributed by atoms with Crippen LogP contribution in [0.3, 0.4) is 0 Å². The Morgan fingerprint density at radius 3 is 2.46 bits per heavy atom. The van der Waals surface area contributed by atoms with Gasteiger partial charge < -0.3 is 14.4 Å². The van der Waals surface area contributed by atoms with Crippen molar-refractivity contribution in [2.45, 2.75) is 51.7 Å². The first-order chi connectivity index (χ1) is 17.0. The Bertz CT molecular complexity index is 1160. The van der Waals surface area contributed by atoms with Gasteiger partial charge in [-0.3, -0.25) is 9.59 Å². The molecule has 1 aliphatic rings. The predicted octanol–water partition coefficient (Wildman–Crippen LogP) is 6.28. The summed E-state index contributed by atoms with van der Waals surface area (Å²) >= 11 is 12.2. The molecule has 1 aromatic heterocycles. The van der Waals surface area contributed by atoms with Crippen LogP contribution >= 0.6 is 23.2 Å². The van der Waals surface area contributed by atoms with Crippen LogP contribution in [0.15, 0.2) is 66.9 Å². The molecule has 0 N–H and O–H groups in total. The zero-order valence-electron chi connectivity index (χ0n) is 20.0. The van der Waals surface area contributed by atoms with Crippen molar-refractivity contribution in [2.75, 3.05) is 13.1 Å². The van der Waals surface area contributed by atoms with Crippen LogP contribution < -0.4 is 0 Å². The number of amides is 2. The van der Waals surface area contributed by atoms with Crippen molar-refractivity contribution >= 4 is 35.0 Å². The number of unbranched alkanes of at least 4 members (excludes halogenated alkanes) is 1. The molecule has 2 aromatic carbocycles. The van der Waals surface area contributed by atoms with Crippen LogP contribution in [0.25, 0.3) is 0 Å². The van der Waals surface area contributed by atoms with E-state index in [9.17, 15) is 9.59 Å². The molecule has 1 aliphatic carbocycles. The average Bonchev–Trinajstić information content (AvgIpc) is 3.61. The molecule has 1 saturated carbocycles. The number of hydrogen-bond acceptors (Lipinski definition) is 2. The van der Waals surface area contributed by atoms with Crippen LogP contribution in [0, 0.1) is 0 Å². The molecule has 1 fully saturated rings. The summed E-state index contributed by atoms with van der Waals surface area (Å²) < 4.78 is 2.19. The third-order valence-corrected chi connectivity index (χ3v) is 7.06. The fourth-order valence-corrected chi connectivity index (χ4v) is 4.47. The Morgan fingerprint density at radius 2 is 1.77 bits per heavy atom. The Balaban J connectivity index is 1.48. The Labute approximate surface area is 217 Å². The summed E-state index contributed by atoms with van der Waals surface area (Å²) in [6.45, 7) is 3.93. The average molecular weight is 512 g/mol. The SMILES string of the molecule is CCCCN(CC(=O)N(Cc1cccn1Cc1ccccc1)C1CC1)C(=O)c1ccc(Cl)c(Cl)c1. The molecule has 0 spiro atoms. The lowest BCUT2D eigenvalue weighted by Crippen LogP contribution is -2.44. The summed E-state index contributed by atoms with van der Waals surface area (Å²) in [7, 11) is 0. The number of carbonyl (C=O) groups is 2. The summed E-state index contributed by atoms with van der Waals surface area (Å²) in [5, 5.41) is 0.732. The molecule has 0 bridgehead atoms. The van der Waals surface area contributed by atoms with E-state index in [0.717, 1.165) is 37.9 Å². The first-order valence-electron chi connectivity index (χ1n) is 12.2. The van der Waals surface area contributed by atoms with Crippen molar-refractivity contribution in [3.63, 3.8) is 0 Å². The molecule has 1 heterocycles. The third kappa shape index (κ3) is 6.68. The van der Waals surface area contributed by atoms with Crippen molar-refractivity contribution in [2.24, 2.45) is 0 Å². The van der Waals surface area contributed by atoms with Gasteiger partial charge in [-0.1, -0.05) is 66.9 Å². The molecular weight excluding hydrogens is 481 g/mol. The second-order valence-corrected chi connectivity index (χ2v) is 9.89. The van der Waals surface area contributed by atoms with Crippen molar-refractivity contribution in [1.29, 1.82) is 0 Å². The molecule has 4 rings (SSSR count). The molecule has 2 amide bonds. The molecule has 184 valence electrons. The maximum atomic E-state index is 13.5. The number of carbonyl (C=O) groups excluding carboxylic acids is 2. The molecule has 5 nitrogen and oxygen atoms in total. The van der Waals surface area contributed by atoms with Crippen LogP contribution in [-0.4, -0.2) is 45.3 Å². The van der Waals surface area contributed by atoms with Gasteiger partial charge in [-0.2, -0.15) is 0 Å². The quantitative estimate of drug-likeness (QED) is 0.304. The minimum absolute atomic E-state index is 0.0236. The molecule has 7 heteroatoms. The highest BCUT2D eigenvalue weighted by atomic mass is 35.5. The highest BCUT2D eigenvalue weighted by Crippen LogP contribution is 2.29. The van der Waals surface area contributed by atoms with Gasteiger partial charge in [0.1, 0.15) is 6.54 Å². The van der Waals surface area contributed by atoms with Gasteiger partial charge in [-0.25, -0.2) is 0 Å². The summed E-state index contributed by atoms with van der Waals surface area (Å²) in [4.78, 5) is 30.4. The first kappa shape index (κ1) is 25.3. The molecule has 3 aromatic rings. The minimum atomic E-state index is -0.200.